The fraction of sp³-hybridized carbons (Fsp3) is 0.273. The number of halogens is 1. The third-order valence-electron chi connectivity index (χ3n) is 5.23. The molecule has 0 aliphatic carbocycles. The van der Waals surface area contributed by atoms with Gasteiger partial charge in [-0.05, 0) is 54.0 Å². The second-order valence-corrected chi connectivity index (χ2v) is 7.97. The molecule has 2 heterocycles. The van der Waals surface area contributed by atoms with Crippen molar-refractivity contribution in [2.24, 2.45) is 0 Å². The molecular weight excluding hydrogens is 418 g/mol. The molecule has 5 nitrogen and oxygen atoms in total. The largest absolute Gasteiger partial charge is 0.384 e. The van der Waals surface area contributed by atoms with Crippen molar-refractivity contribution < 1.29 is 9.59 Å². The monoisotopic (exact) mass is 439 g/mol. The highest BCUT2D eigenvalue weighted by Gasteiger charge is 2.24. The van der Waals surface area contributed by atoms with Gasteiger partial charge in [-0.15, -0.1) is 0 Å². The minimum atomic E-state index is -0.0152. The van der Waals surface area contributed by atoms with E-state index in [1.165, 1.54) is 5.56 Å². The summed E-state index contributed by atoms with van der Waals surface area (Å²) in [6.07, 6.45) is 4.39. The summed E-state index contributed by atoms with van der Waals surface area (Å²) >= 11 is 3.40. The molecule has 28 heavy (non-hydrogen) atoms. The lowest BCUT2D eigenvalue weighted by atomic mass is 10.1. The third kappa shape index (κ3) is 4.12. The zero-order chi connectivity index (χ0) is 19.5. The van der Waals surface area contributed by atoms with Crippen LogP contribution < -0.4 is 5.32 Å². The van der Waals surface area contributed by atoms with E-state index >= 15 is 0 Å². The number of anilines is 1. The van der Waals surface area contributed by atoms with E-state index in [9.17, 15) is 9.59 Å². The molecule has 0 aromatic heterocycles. The van der Waals surface area contributed by atoms with Crippen LogP contribution in [0, 0.1) is 0 Å². The lowest BCUT2D eigenvalue weighted by Crippen LogP contribution is -2.50. The summed E-state index contributed by atoms with van der Waals surface area (Å²) in [5, 5.41) is 3.31. The summed E-state index contributed by atoms with van der Waals surface area (Å²) < 4.78 is 1.01. The minimum absolute atomic E-state index is 0.0152. The van der Waals surface area contributed by atoms with Crippen molar-refractivity contribution in [1.82, 2.24) is 9.80 Å². The van der Waals surface area contributed by atoms with Crippen LogP contribution in [-0.2, 0) is 11.2 Å². The Labute approximate surface area is 173 Å². The predicted molar refractivity (Wildman–Crippen MR) is 114 cm³/mol. The first-order valence-corrected chi connectivity index (χ1v) is 10.3. The number of piperazine rings is 1. The van der Waals surface area contributed by atoms with Crippen LogP contribution in [0.3, 0.4) is 0 Å². The van der Waals surface area contributed by atoms with Crippen LogP contribution in [0.4, 0.5) is 5.69 Å². The lowest BCUT2D eigenvalue weighted by molar-refractivity contribution is -0.127. The SMILES string of the molecule is O=C(/C=C/c1ccc(Br)cc1)N1CCN(C(=O)c2ccc3c(c2)CCN3)CC1. The number of carbonyl (C=O) groups is 2. The van der Waals surface area contributed by atoms with Crippen LogP contribution in [0.5, 0.6) is 0 Å². The van der Waals surface area contributed by atoms with Crippen LogP contribution >= 0.6 is 15.9 Å². The van der Waals surface area contributed by atoms with Gasteiger partial charge in [0, 0.05) is 54.5 Å². The molecule has 6 heteroatoms. The van der Waals surface area contributed by atoms with Crippen molar-refractivity contribution in [2.75, 3.05) is 38.0 Å². The number of nitrogens with zero attached hydrogens (tertiary/aromatic N) is 2. The standard InChI is InChI=1S/C22H22BrN3O2/c23-19-5-1-16(2-6-19)3-8-21(27)25-11-13-26(14-12-25)22(28)18-4-7-20-17(15-18)9-10-24-20/h1-8,15,24H,9-14H2/b8-3+. The molecule has 1 N–H and O–H groups in total. The van der Waals surface area contributed by atoms with Gasteiger partial charge in [-0.1, -0.05) is 28.1 Å². The second-order valence-electron chi connectivity index (χ2n) is 7.05. The molecule has 0 radical (unpaired) electrons. The Kier molecular flexibility index (Phi) is 5.48. The highest BCUT2D eigenvalue weighted by atomic mass is 79.9. The van der Waals surface area contributed by atoms with Crippen molar-refractivity contribution in [3.8, 4) is 0 Å². The number of hydrogen-bond donors (Lipinski definition) is 1. The van der Waals surface area contributed by atoms with E-state index in [0.29, 0.717) is 26.2 Å². The molecule has 1 fully saturated rings. The van der Waals surface area contributed by atoms with E-state index in [2.05, 4.69) is 21.2 Å². The summed E-state index contributed by atoms with van der Waals surface area (Å²) in [4.78, 5) is 28.9. The zero-order valence-electron chi connectivity index (χ0n) is 15.5. The van der Waals surface area contributed by atoms with Gasteiger partial charge in [-0.2, -0.15) is 0 Å². The molecule has 1 saturated heterocycles. The van der Waals surface area contributed by atoms with E-state index in [1.54, 1.807) is 11.0 Å². The maximum atomic E-state index is 12.8. The van der Waals surface area contributed by atoms with Crippen LogP contribution in [0.1, 0.15) is 21.5 Å². The van der Waals surface area contributed by atoms with Gasteiger partial charge < -0.3 is 15.1 Å². The van der Waals surface area contributed by atoms with E-state index in [4.69, 9.17) is 0 Å². The van der Waals surface area contributed by atoms with Gasteiger partial charge in [-0.3, -0.25) is 9.59 Å². The minimum Gasteiger partial charge on any atom is -0.384 e. The topological polar surface area (TPSA) is 52.7 Å². The summed E-state index contributed by atoms with van der Waals surface area (Å²) in [6.45, 7) is 3.17. The molecule has 4 rings (SSSR count). The zero-order valence-corrected chi connectivity index (χ0v) is 17.1. The fourth-order valence-corrected chi connectivity index (χ4v) is 3.86. The number of amides is 2. The van der Waals surface area contributed by atoms with Crippen LogP contribution in [0.15, 0.2) is 53.0 Å². The van der Waals surface area contributed by atoms with E-state index < -0.39 is 0 Å². The molecular formula is C22H22BrN3O2. The average Bonchev–Trinajstić information content (AvgIpc) is 3.20. The first-order chi connectivity index (χ1) is 13.6. The van der Waals surface area contributed by atoms with Crippen molar-refractivity contribution in [2.45, 2.75) is 6.42 Å². The van der Waals surface area contributed by atoms with Crippen LogP contribution in [0.2, 0.25) is 0 Å². The summed E-state index contributed by atoms with van der Waals surface area (Å²) in [5.41, 5.74) is 4.05. The average molecular weight is 440 g/mol. The molecule has 2 aromatic rings. The van der Waals surface area contributed by atoms with Crippen molar-refractivity contribution >= 4 is 39.5 Å². The van der Waals surface area contributed by atoms with Crippen molar-refractivity contribution in [3.63, 3.8) is 0 Å². The number of hydrogen-bond acceptors (Lipinski definition) is 3. The van der Waals surface area contributed by atoms with Crippen molar-refractivity contribution in [1.29, 1.82) is 0 Å². The molecule has 0 unspecified atom stereocenters. The molecule has 0 atom stereocenters. The number of benzene rings is 2. The fourth-order valence-electron chi connectivity index (χ4n) is 3.60. The Morgan fingerprint density at radius 3 is 2.43 bits per heavy atom. The first-order valence-electron chi connectivity index (χ1n) is 9.49. The Hall–Kier alpha value is -2.60. The molecule has 144 valence electrons. The Morgan fingerprint density at radius 1 is 0.964 bits per heavy atom. The van der Waals surface area contributed by atoms with Crippen molar-refractivity contribution in [3.05, 3.63) is 69.7 Å². The molecule has 2 aliphatic heterocycles. The highest BCUT2D eigenvalue weighted by Crippen LogP contribution is 2.24. The highest BCUT2D eigenvalue weighted by molar-refractivity contribution is 9.10. The smallest absolute Gasteiger partial charge is 0.253 e. The van der Waals surface area contributed by atoms with Crippen LogP contribution in [0.25, 0.3) is 6.08 Å². The van der Waals surface area contributed by atoms with Gasteiger partial charge in [-0.25, -0.2) is 0 Å². The van der Waals surface area contributed by atoms with Gasteiger partial charge in [0.1, 0.15) is 0 Å². The number of fused-ring (bicyclic) bond motifs is 1. The van der Waals surface area contributed by atoms with E-state index in [-0.39, 0.29) is 11.8 Å². The predicted octanol–water partition coefficient (Wildman–Crippen LogP) is 3.41. The summed E-state index contributed by atoms with van der Waals surface area (Å²) in [7, 11) is 0. The van der Waals surface area contributed by atoms with Gasteiger partial charge in [0.05, 0.1) is 0 Å². The molecule has 2 aliphatic rings. The van der Waals surface area contributed by atoms with Gasteiger partial charge in [0.15, 0.2) is 0 Å². The Bertz CT molecular complexity index is 916. The Balaban J connectivity index is 1.33. The number of nitrogens with one attached hydrogen (secondary N) is 1. The van der Waals surface area contributed by atoms with Gasteiger partial charge >= 0.3 is 0 Å². The molecule has 0 bridgehead atoms. The summed E-state index contributed by atoms with van der Waals surface area (Å²) in [5.74, 6) is 0.0332. The van der Waals surface area contributed by atoms with Gasteiger partial charge in [0.2, 0.25) is 5.91 Å². The first kappa shape index (κ1) is 18.7. The quantitative estimate of drug-likeness (QED) is 0.745. The lowest BCUT2D eigenvalue weighted by Gasteiger charge is -2.34. The molecule has 2 amide bonds. The maximum Gasteiger partial charge on any atom is 0.253 e. The van der Waals surface area contributed by atoms with E-state index in [1.807, 2.05) is 53.4 Å². The normalized spacial score (nSPS) is 16.2. The molecule has 0 spiro atoms. The molecule has 0 saturated carbocycles. The number of carbonyl (C=O) groups excluding carboxylic acids is 2. The molecule has 2 aromatic carbocycles. The van der Waals surface area contributed by atoms with E-state index in [0.717, 1.165) is 34.3 Å². The Morgan fingerprint density at radius 2 is 1.68 bits per heavy atom. The number of rotatable bonds is 3. The third-order valence-corrected chi connectivity index (χ3v) is 5.76. The summed E-state index contributed by atoms with van der Waals surface area (Å²) in [6, 6.07) is 13.7. The van der Waals surface area contributed by atoms with Gasteiger partial charge in [0.25, 0.3) is 5.91 Å². The second kappa shape index (κ2) is 8.19. The van der Waals surface area contributed by atoms with Crippen LogP contribution in [-0.4, -0.2) is 54.3 Å². The maximum absolute atomic E-state index is 12.8.